The first-order chi connectivity index (χ1) is 10.8. The Bertz CT molecular complexity index is 371. The third-order valence-corrected chi connectivity index (χ3v) is 3.11. The van der Waals surface area contributed by atoms with Crippen molar-refractivity contribution in [3.05, 3.63) is 0 Å². The van der Waals surface area contributed by atoms with Crippen LogP contribution in [-0.2, 0) is 19.1 Å². The minimum Gasteiger partial charge on any atom is -0.473 e. The summed E-state index contributed by atoms with van der Waals surface area (Å²) in [7, 11) is 4.12. The zero-order chi connectivity index (χ0) is 17.8. The molecule has 0 saturated carbocycles. The van der Waals surface area contributed by atoms with Crippen LogP contribution in [0.2, 0.25) is 0 Å². The zero-order valence-electron chi connectivity index (χ0n) is 13.9. The Morgan fingerprint density at radius 2 is 1.70 bits per heavy atom. The van der Waals surface area contributed by atoms with Crippen LogP contribution in [0.1, 0.15) is 13.3 Å². The summed E-state index contributed by atoms with van der Waals surface area (Å²) in [6.07, 6.45) is 1.06. The van der Waals surface area contributed by atoms with E-state index in [2.05, 4.69) is 24.3 Å². The first-order valence-corrected chi connectivity index (χ1v) is 7.46. The van der Waals surface area contributed by atoms with Gasteiger partial charge in [-0.15, -0.1) is 0 Å². The van der Waals surface area contributed by atoms with Crippen molar-refractivity contribution in [2.75, 3.05) is 53.5 Å². The van der Waals surface area contributed by atoms with Gasteiger partial charge in [-0.05, 0) is 40.5 Å². The van der Waals surface area contributed by atoms with Crippen molar-refractivity contribution in [1.29, 1.82) is 0 Å². The lowest BCUT2D eigenvalue weighted by Crippen LogP contribution is -2.49. The molecule has 1 fully saturated rings. The molecule has 23 heavy (non-hydrogen) atoms. The number of ether oxygens (including phenoxy) is 1. The van der Waals surface area contributed by atoms with E-state index in [1.807, 2.05) is 11.8 Å². The molecule has 0 radical (unpaired) electrons. The Balaban J connectivity index is 0.000000688. The van der Waals surface area contributed by atoms with E-state index in [1.165, 1.54) is 0 Å². The average Bonchev–Trinajstić information content (AvgIpc) is 2.51. The van der Waals surface area contributed by atoms with E-state index in [9.17, 15) is 4.79 Å². The summed E-state index contributed by atoms with van der Waals surface area (Å²) in [5, 5.41) is 18.1. The van der Waals surface area contributed by atoms with Crippen LogP contribution in [0, 0.1) is 0 Å². The second-order valence-corrected chi connectivity index (χ2v) is 5.38. The van der Waals surface area contributed by atoms with Crippen molar-refractivity contribution in [3.63, 3.8) is 0 Å². The Kier molecular flexibility index (Phi) is 10.9. The molecule has 0 aliphatic carbocycles. The predicted octanol–water partition coefficient (Wildman–Crippen LogP) is -1.07. The van der Waals surface area contributed by atoms with Crippen LogP contribution >= 0.6 is 0 Å². The van der Waals surface area contributed by atoms with Crippen LogP contribution in [0.15, 0.2) is 0 Å². The van der Waals surface area contributed by atoms with Crippen molar-refractivity contribution >= 4 is 17.8 Å². The summed E-state index contributed by atoms with van der Waals surface area (Å²) in [6, 6.07) is -0.0877. The number of aliphatic carboxylic acids is 2. The molecule has 1 rings (SSSR count). The van der Waals surface area contributed by atoms with Gasteiger partial charge in [-0.3, -0.25) is 4.79 Å². The molecule has 9 nitrogen and oxygen atoms in total. The Morgan fingerprint density at radius 1 is 1.17 bits per heavy atom. The van der Waals surface area contributed by atoms with Gasteiger partial charge in [0, 0.05) is 13.1 Å². The van der Waals surface area contributed by atoms with Crippen molar-refractivity contribution in [3.8, 4) is 0 Å². The number of rotatable bonds is 6. The van der Waals surface area contributed by atoms with E-state index >= 15 is 0 Å². The molecule has 1 aliphatic rings. The highest BCUT2D eigenvalue weighted by Gasteiger charge is 2.21. The maximum atomic E-state index is 12.0. The number of nitrogens with one attached hydrogen (secondary N) is 1. The third kappa shape index (κ3) is 10.6. The molecule has 1 aliphatic heterocycles. The summed E-state index contributed by atoms with van der Waals surface area (Å²) >= 11 is 0. The summed E-state index contributed by atoms with van der Waals surface area (Å²) in [5.41, 5.74) is 0. The van der Waals surface area contributed by atoms with Crippen LogP contribution in [-0.4, -0.2) is 97.4 Å². The summed E-state index contributed by atoms with van der Waals surface area (Å²) in [4.78, 5) is 34.3. The fourth-order valence-corrected chi connectivity index (χ4v) is 1.86. The molecule has 0 aromatic carbocycles. The van der Waals surface area contributed by atoms with Gasteiger partial charge in [-0.2, -0.15) is 0 Å². The summed E-state index contributed by atoms with van der Waals surface area (Å²) in [6.45, 7) is 6.65. The van der Waals surface area contributed by atoms with Crippen molar-refractivity contribution in [1.82, 2.24) is 15.1 Å². The smallest absolute Gasteiger partial charge is 0.414 e. The molecule has 1 amide bonds. The largest absolute Gasteiger partial charge is 0.473 e. The van der Waals surface area contributed by atoms with E-state index in [0.717, 1.165) is 32.6 Å². The second-order valence-electron chi connectivity index (χ2n) is 5.38. The van der Waals surface area contributed by atoms with Gasteiger partial charge in [0.2, 0.25) is 5.91 Å². The average molecular weight is 333 g/mol. The molecule has 0 spiro atoms. The van der Waals surface area contributed by atoms with Crippen LogP contribution in [0.25, 0.3) is 0 Å². The number of hydrogen-bond donors (Lipinski definition) is 3. The quantitative estimate of drug-likeness (QED) is 0.415. The van der Waals surface area contributed by atoms with Crippen LogP contribution in [0.5, 0.6) is 0 Å². The van der Waals surface area contributed by atoms with Gasteiger partial charge < -0.3 is 30.1 Å². The lowest BCUT2D eigenvalue weighted by atomic mass is 10.2. The number of hydrogen-bond acceptors (Lipinski definition) is 6. The van der Waals surface area contributed by atoms with E-state index < -0.39 is 11.9 Å². The fourth-order valence-electron chi connectivity index (χ4n) is 1.86. The Hall–Kier alpha value is -1.71. The molecule has 0 bridgehead atoms. The van der Waals surface area contributed by atoms with Gasteiger partial charge >= 0.3 is 11.9 Å². The highest BCUT2D eigenvalue weighted by Crippen LogP contribution is 2.00. The molecule has 0 aromatic heterocycles. The first kappa shape index (κ1) is 21.3. The van der Waals surface area contributed by atoms with E-state index in [-0.39, 0.29) is 11.9 Å². The van der Waals surface area contributed by atoms with E-state index in [4.69, 9.17) is 24.5 Å². The monoisotopic (exact) mass is 333 g/mol. The molecule has 9 heteroatoms. The summed E-state index contributed by atoms with van der Waals surface area (Å²) < 4.78 is 5.23. The maximum Gasteiger partial charge on any atom is 0.414 e. The molecule has 1 unspecified atom stereocenters. The van der Waals surface area contributed by atoms with Crippen molar-refractivity contribution in [2.24, 2.45) is 0 Å². The van der Waals surface area contributed by atoms with Gasteiger partial charge in [-0.25, -0.2) is 9.59 Å². The molecule has 1 heterocycles. The number of carbonyl (C=O) groups excluding carboxylic acids is 1. The van der Waals surface area contributed by atoms with Crippen LogP contribution in [0.4, 0.5) is 0 Å². The molecule has 134 valence electrons. The van der Waals surface area contributed by atoms with Gasteiger partial charge in [0.1, 0.15) is 0 Å². The van der Waals surface area contributed by atoms with Gasteiger partial charge in [-0.1, -0.05) is 0 Å². The second kappa shape index (κ2) is 11.8. The number of carboxylic acids is 2. The zero-order valence-corrected chi connectivity index (χ0v) is 13.9. The topological polar surface area (TPSA) is 119 Å². The molecule has 1 atom stereocenters. The van der Waals surface area contributed by atoms with Gasteiger partial charge in [0.25, 0.3) is 0 Å². The lowest BCUT2D eigenvalue weighted by Gasteiger charge is -2.29. The highest BCUT2D eigenvalue weighted by atomic mass is 16.5. The van der Waals surface area contributed by atoms with Gasteiger partial charge in [0.05, 0.1) is 19.3 Å². The molecular formula is C14H27N3O6. The minimum absolute atomic E-state index is 0.0877. The predicted molar refractivity (Wildman–Crippen MR) is 83.3 cm³/mol. The standard InChI is InChI=1S/C12H25N3O2.C2H2O4/c1-11(13-5-4-6-14(2)3)12(16)15-7-9-17-10-8-15;3-1(4)2(5)6/h11,13H,4-10H2,1-3H3;(H,3,4)(H,5,6). The van der Waals surface area contributed by atoms with E-state index in [1.54, 1.807) is 0 Å². The molecule has 3 N–H and O–H groups in total. The third-order valence-electron chi connectivity index (χ3n) is 3.11. The van der Waals surface area contributed by atoms with E-state index in [0.29, 0.717) is 13.2 Å². The molecule has 1 saturated heterocycles. The van der Waals surface area contributed by atoms with Crippen LogP contribution < -0.4 is 5.32 Å². The SMILES string of the molecule is CC(NCCCN(C)C)C(=O)N1CCOCC1.O=C(O)C(=O)O. The van der Waals surface area contributed by atoms with Crippen molar-refractivity contribution in [2.45, 2.75) is 19.4 Å². The van der Waals surface area contributed by atoms with Crippen molar-refractivity contribution < 1.29 is 29.3 Å². The molecular weight excluding hydrogens is 306 g/mol. The Labute approximate surface area is 136 Å². The number of morpholine rings is 1. The fraction of sp³-hybridized carbons (Fsp3) is 0.786. The lowest BCUT2D eigenvalue weighted by molar-refractivity contribution is -0.159. The maximum absolute atomic E-state index is 12.0. The number of carboxylic acid groups (broad SMARTS) is 2. The number of carbonyl (C=O) groups is 3. The van der Waals surface area contributed by atoms with Crippen LogP contribution in [0.3, 0.4) is 0 Å². The molecule has 0 aromatic rings. The highest BCUT2D eigenvalue weighted by molar-refractivity contribution is 6.27. The number of nitrogens with zero attached hydrogens (tertiary/aromatic N) is 2. The minimum atomic E-state index is -1.82. The normalized spacial score (nSPS) is 15.6. The first-order valence-electron chi connectivity index (χ1n) is 7.46. The number of amides is 1. The van der Waals surface area contributed by atoms with Gasteiger partial charge in [0.15, 0.2) is 0 Å². The Morgan fingerprint density at radius 3 is 2.13 bits per heavy atom. The summed E-state index contributed by atoms with van der Waals surface area (Å²) in [5.74, 6) is -3.46.